The number of halogens is 4. The second-order valence-electron chi connectivity index (χ2n) is 1.53. The molecule has 1 unspecified atom stereocenters. The third-order valence-corrected chi connectivity index (χ3v) is 5.64. The van der Waals surface area contributed by atoms with E-state index in [0.29, 0.717) is 0 Å². The van der Waals surface area contributed by atoms with Crippen molar-refractivity contribution in [3.63, 3.8) is 0 Å². The Kier molecular flexibility index (Phi) is 5.06. The summed E-state index contributed by atoms with van der Waals surface area (Å²) in [5.74, 6) is 0. The summed E-state index contributed by atoms with van der Waals surface area (Å²) in [5.41, 5.74) is -0.344. The molecule has 48 valence electrons. The van der Waals surface area contributed by atoms with Crippen molar-refractivity contribution in [2.45, 2.75) is 12.4 Å². The fourth-order valence-electron chi connectivity index (χ4n) is 0.110. The fourth-order valence-corrected chi connectivity index (χ4v) is 2.97. The zero-order valence-electron chi connectivity index (χ0n) is 4.24. The van der Waals surface area contributed by atoms with Crippen molar-refractivity contribution in [2.24, 2.45) is 0 Å². The Morgan fingerprint density at radius 2 is 1.75 bits per heavy atom. The molecule has 0 aliphatic rings. The van der Waals surface area contributed by atoms with Gasteiger partial charge in [0.25, 0.3) is 0 Å². The lowest BCUT2D eigenvalue weighted by Gasteiger charge is -2.06. The van der Waals surface area contributed by atoms with Crippen LogP contribution in [0.5, 0.6) is 0 Å². The first-order valence-electron chi connectivity index (χ1n) is 2.12. The minimum absolute atomic E-state index is 0.0710. The molecule has 0 spiro atoms. The molecule has 0 radical (unpaired) electrons. The van der Waals surface area contributed by atoms with Crippen molar-refractivity contribution in [1.29, 1.82) is 0 Å². The van der Waals surface area contributed by atoms with E-state index >= 15 is 0 Å². The van der Waals surface area contributed by atoms with Gasteiger partial charge in [-0.2, -0.15) is 45.1 Å². The zero-order valence-corrected chi connectivity index (χ0v) is 8.42. The van der Waals surface area contributed by atoms with Crippen LogP contribution in [0, 0.1) is 0 Å². The average Bonchev–Trinajstić information content (AvgIpc) is 1.64. The molecule has 0 aliphatic heterocycles. The van der Waals surface area contributed by atoms with Gasteiger partial charge in [-0.25, -0.2) is 0 Å². The van der Waals surface area contributed by atoms with Crippen molar-refractivity contribution >= 4 is 58.0 Å². The van der Waals surface area contributed by atoms with E-state index in [9.17, 15) is 0 Å². The molecule has 0 aromatic carbocycles. The summed E-state index contributed by atoms with van der Waals surface area (Å²) < 4.78 is 0. The van der Waals surface area contributed by atoms with Gasteiger partial charge in [0, 0.05) is 0 Å². The zero-order chi connectivity index (χ0) is 6.73. The maximum atomic E-state index is 5.56. The highest BCUT2D eigenvalue weighted by Gasteiger charge is 2.24. The van der Waals surface area contributed by atoms with E-state index in [1.165, 1.54) is 0 Å². The first-order valence-corrected chi connectivity index (χ1v) is 7.15. The molecule has 0 fully saturated rings. The highest BCUT2D eigenvalue weighted by Crippen LogP contribution is 2.23. The highest BCUT2D eigenvalue weighted by atomic mass is 35.7. The molecule has 0 amide bonds. The van der Waals surface area contributed by atoms with Crippen molar-refractivity contribution < 1.29 is 0 Å². The monoisotopic (exact) mass is 208 g/mol. The van der Waals surface area contributed by atoms with Gasteiger partial charge in [0.2, 0.25) is 7.42 Å². The van der Waals surface area contributed by atoms with Crippen LogP contribution in [0.15, 0.2) is 0 Å². The van der Waals surface area contributed by atoms with Gasteiger partial charge in [-0.1, -0.05) is 6.92 Å². The smallest absolute Gasteiger partial charge is 0.171 e. The Labute approximate surface area is 70.4 Å². The van der Waals surface area contributed by atoms with E-state index in [0.717, 1.165) is 0 Å². The fraction of sp³-hybridized carbons (Fsp3) is 1.00. The molecule has 0 nitrogen and oxygen atoms in total. The maximum Gasteiger partial charge on any atom is 0.353 e. The molecule has 8 heavy (non-hydrogen) atoms. The quantitative estimate of drug-likeness (QED) is 0.485. The normalized spacial score (nSPS) is 14.2. The van der Waals surface area contributed by atoms with Gasteiger partial charge in [-0.15, -0.1) is 0 Å². The van der Waals surface area contributed by atoms with E-state index in [4.69, 9.17) is 45.1 Å². The average molecular weight is 210 g/mol. The molecular weight excluding hydrogens is 205 g/mol. The third kappa shape index (κ3) is 3.46. The van der Waals surface area contributed by atoms with Gasteiger partial charge in [0.15, 0.2) is 0 Å². The molecule has 0 bridgehead atoms. The van der Waals surface area contributed by atoms with Gasteiger partial charge < -0.3 is 0 Å². The lowest BCUT2D eigenvalue weighted by Crippen LogP contribution is -2.13. The Balaban J connectivity index is 3.46. The van der Waals surface area contributed by atoms with Crippen molar-refractivity contribution in [2.75, 3.05) is 0 Å². The third-order valence-electron chi connectivity index (χ3n) is 0.795. The Hall–Kier alpha value is 1.44. The predicted octanol–water partition coefficient (Wildman–Crippen LogP) is 2.58. The Bertz CT molecular complexity index is 59.1. The minimum atomic E-state index is -1.64. The van der Waals surface area contributed by atoms with Gasteiger partial charge in [0.05, 0.1) is 0 Å². The van der Waals surface area contributed by atoms with Crippen LogP contribution < -0.4 is 0 Å². The number of rotatable bonds is 2. The van der Waals surface area contributed by atoms with Crippen LogP contribution in [0.2, 0.25) is 5.44 Å². The van der Waals surface area contributed by atoms with Gasteiger partial charge in [-0.05, 0) is 5.44 Å². The van der Waals surface area contributed by atoms with E-state index in [1.807, 2.05) is 6.92 Å². The predicted molar refractivity (Wildman–Crippen MR) is 45.7 cm³/mol. The Morgan fingerprint density at radius 1 is 1.38 bits per heavy atom. The molecule has 6 heteroatoms. The van der Waals surface area contributed by atoms with Crippen LogP contribution in [0.4, 0.5) is 0 Å². The van der Waals surface area contributed by atoms with Crippen LogP contribution in [-0.4, -0.2) is 13.0 Å². The minimum Gasteiger partial charge on any atom is -0.171 e. The SMILES string of the molecule is CC(B(Cl)Cl)[SiH](Cl)Cl. The summed E-state index contributed by atoms with van der Waals surface area (Å²) in [5, 5.41) is 0. The molecule has 1 atom stereocenters. The van der Waals surface area contributed by atoms with E-state index in [1.54, 1.807) is 0 Å². The molecule has 0 N–H and O–H groups in total. The lowest BCUT2D eigenvalue weighted by molar-refractivity contribution is 1.33. The van der Waals surface area contributed by atoms with Crippen molar-refractivity contribution in [3.05, 3.63) is 0 Å². The summed E-state index contributed by atoms with van der Waals surface area (Å²) in [7, 11) is -1.64. The molecule has 0 saturated carbocycles. The standard InChI is InChI=1S/C2H5BCl4Si/c1-2(3(4)5)8(6)7/h2,8H,1H3. The van der Waals surface area contributed by atoms with E-state index < -0.39 is 13.0 Å². The molecular formula is C2H5BCl4Si. The largest absolute Gasteiger partial charge is 0.353 e. The summed E-state index contributed by atoms with van der Waals surface area (Å²) in [6.45, 7) is 1.85. The summed E-state index contributed by atoms with van der Waals surface area (Å²) >= 11 is 22.0. The number of hydrogen-bond donors (Lipinski definition) is 0. The first-order chi connectivity index (χ1) is 3.55. The molecule has 0 saturated heterocycles. The summed E-state index contributed by atoms with van der Waals surface area (Å²) in [6, 6.07) is 0. The summed E-state index contributed by atoms with van der Waals surface area (Å²) in [4.78, 5) is 0. The second kappa shape index (κ2) is 4.29. The highest BCUT2D eigenvalue weighted by molar-refractivity contribution is 7.45. The van der Waals surface area contributed by atoms with Crippen molar-refractivity contribution in [3.8, 4) is 0 Å². The van der Waals surface area contributed by atoms with Crippen LogP contribution in [0.25, 0.3) is 0 Å². The topological polar surface area (TPSA) is 0 Å². The maximum absolute atomic E-state index is 5.56. The van der Waals surface area contributed by atoms with Gasteiger partial charge in [-0.3, -0.25) is 0 Å². The first kappa shape index (κ1) is 9.44. The van der Waals surface area contributed by atoms with Gasteiger partial charge in [0.1, 0.15) is 0 Å². The van der Waals surface area contributed by atoms with E-state index in [-0.39, 0.29) is 5.44 Å². The van der Waals surface area contributed by atoms with Crippen molar-refractivity contribution in [1.82, 2.24) is 0 Å². The lowest BCUT2D eigenvalue weighted by atomic mass is 10.0. The van der Waals surface area contributed by atoms with Crippen LogP contribution >= 0.6 is 45.1 Å². The molecule has 0 heterocycles. The number of hydrogen-bond acceptors (Lipinski definition) is 0. The second-order valence-corrected chi connectivity index (χ2v) is 7.90. The van der Waals surface area contributed by atoms with Gasteiger partial charge >= 0.3 is 5.54 Å². The van der Waals surface area contributed by atoms with E-state index in [2.05, 4.69) is 0 Å². The molecule has 0 aromatic rings. The Morgan fingerprint density at radius 3 is 1.75 bits per heavy atom. The van der Waals surface area contributed by atoms with Crippen LogP contribution in [-0.2, 0) is 0 Å². The molecule has 0 rings (SSSR count). The molecule has 0 aliphatic carbocycles. The summed E-state index contributed by atoms with van der Waals surface area (Å²) in [6.07, 6.45) is 0. The molecule has 0 aromatic heterocycles. The van der Waals surface area contributed by atoms with Crippen LogP contribution in [0.1, 0.15) is 6.92 Å². The van der Waals surface area contributed by atoms with Crippen LogP contribution in [0.3, 0.4) is 0 Å².